The number of hydrogen-bond acceptors (Lipinski definition) is 5. The van der Waals surface area contributed by atoms with E-state index >= 15 is 0 Å². The second kappa shape index (κ2) is 11.6. The molecule has 1 saturated heterocycles. The van der Waals surface area contributed by atoms with E-state index in [0.717, 1.165) is 59.3 Å². The van der Waals surface area contributed by atoms with Crippen LogP contribution in [0.25, 0.3) is 16.5 Å². The number of Topliss-reactive ketones (excluding diaryl/α,β-unsaturated/α-hetero) is 1. The van der Waals surface area contributed by atoms with Gasteiger partial charge in [0.2, 0.25) is 0 Å². The van der Waals surface area contributed by atoms with Crippen LogP contribution in [0.5, 0.6) is 0 Å². The number of amides is 1. The summed E-state index contributed by atoms with van der Waals surface area (Å²) >= 11 is 0. The number of hydrogen-bond donors (Lipinski definition) is 1. The lowest BCUT2D eigenvalue weighted by Crippen LogP contribution is -2.46. The van der Waals surface area contributed by atoms with Gasteiger partial charge in [0.25, 0.3) is 11.7 Å². The maximum atomic E-state index is 13.6. The summed E-state index contributed by atoms with van der Waals surface area (Å²) in [7, 11) is 0. The van der Waals surface area contributed by atoms with E-state index in [4.69, 9.17) is 9.84 Å². The van der Waals surface area contributed by atoms with Crippen LogP contribution in [0.15, 0.2) is 66.7 Å². The van der Waals surface area contributed by atoms with Gasteiger partial charge in [-0.15, -0.1) is 0 Å². The number of carbonyl (C=O) groups is 2. The Hall–Kier alpha value is -3.81. The first-order valence-corrected chi connectivity index (χ1v) is 14.4. The van der Waals surface area contributed by atoms with Gasteiger partial charge < -0.3 is 10.1 Å². The molecule has 0 saturated carbocycles. The molecule has 1 aliphatic heterocycles. The number of aryl methyl sites for hydroxylation is 1. The molecule has 0 spiro atoms. The van der Waals surface area contributed by atoms with E-state index in [1.165, 1.54) is 0 Å². The fraction of sp³-hybridized carbons (Fsp3) is 0.382. The summed E-state index contributed by atoms with van der Waals surface area (Å²) < 4.78 is 7.57. The number of rotatable bonds is 7. The van der Waals surface area contributed by atoms with Gasteiger partial charge >= 0.3 is 0 Å². The average Bonchev–Trinajstić information content (AvgIpc) is 3.35. The molecule has 1 aromatic heterocycles. The van der Waals surface area contributed by atoms with Crippen molar-refractivity contribution < 1.29 is 14.3 Å². The van der Waals surface area contributed by atoms with E-state index in [2.05, 4.69) is 44.8 Å². The Kier molecular flexibility index (Phi) is 8.11. The van der Waals surface area contributed by atoms with Crippen molar-refractivity contribution in [2.45, 2.75) is 65.6 Å². The van der Waals surface area contributed by atoms with Crippen LogP contribution in [-0.2, 0) is 21.4 Å². The highest BCUT2D eigenvalue weighted by Gasteiger charge is 2.26. The molecule has 5 rings (SSSR count). The Morgan fingerprint density at radius 3 is 2.27 bits per heavy atom. The van der Waals surface area contributed by atoms with E-state index in [1.807, 2.05) is 67.6 Å². The van der Waals surface area contributed by atoms with Gasteiger partial charge in [-0.1, -0.05) is 68.8 Å². The standard InChI is InChI=1S/C34H40N4O3/c1-22-11-14-26(15-12-22)38-31(19-30(36-38)34(4,5)6)35-33(40)32(39)29-16-13-25(27-9-7-8-10-28(27)29)17-18-37-20-23(2)41-24(3)21-37/h7-16,19,23-24H,17-18,20-21H2,1-6H3,(H,35,40). The monoisotopic (exact) mass is 552 g/mol. The zero-order chi connectivity index (χ0) is 29.3. The highest BCUT2D eigenvalue weighted by molar-refractivity contribution is 6.48. The van der Waals surface area contributed by atoms with Crippen LogP contribution in [0.2, 0.25) is 0 Å². The third-order valence-electron chi connectivity index (χ3n) is 7.66. The molecule has 1 N–H and O–H groups in total. The lowest BCUT2D eigenvalue weighted by molar-refractivity contribution is -0.112. The maximum Gasteiger partial charge on any atom is 0.297 e. The minimum Gasteiger partial charge on any atom is -0.373 e. The number of aromatic nitrogens is 2. The van der Waals surface area contributed by atoms with Gasteiger partial charge in [0.1, 0.15) is 5.82 Å². The Morgan fingerprint density at radius 2 is 1.61 bits per heavy atom. The van der Waals surface area contributed by atoms with E-state index in [0.29, 0.717) is 11.4 Å². The number of carbonyl (C=O) groups excluding carboxylic acids is 2. The topological polar surface area (TPSA) is 76.5 Å². The SMILES string of the molecule is Cc1ccc(-n2nc(C(C)(C)C)cc2NC(=O)C(=O)c2ccc(CCN3CC(C)OC(C)C3)c3ccccc23)cc1. The molecule has 4 aromatic rings. The first-order valence-electron chi connectivity index (χ1n) is 14.4. The number of morpholine rings is 1. The zero-order valence-corrected chi connectivity index (χ0v) is 24.9. The molecule has 0 bridgehead atoms. The van der Waals surface area contributed by atoms with E-state index in [1.54, 1.807) is 10.7 Å². The molecular weight excluding hydrogens is 512 g/mol. The van der Waals surface area contributed by atoms with Crippen LogP contribution in [0.4, 0.5) is 5.82 Å². The third kappa shape index (κ3) is 6.42. The summed E-state index contributed by atoms with van der Waals surface area (Å²) in [5, 5.41) is 9.43. The quantitative estimate of drug-likeness (QED) is 0.221. The number of anilines is 1. The molecule has 7 heteroatoms. The summed E-state index contributed by atoms with van der Waals surface area (Å²) in [5.74, 6) is -0.794. The van der Waals surface area contributed by atoms with E-state index in [-0.39, 0.29) is 17.6 Å². The molecule has 0 aliphatic carbocycles. The molecule has 2 heterocycles. The smallest absolute Gasteiger partial charge is 0.297 e. The van der Waals surface area contributed by atoms with Crippen LogP contribution in [0.3, 0.4) is 0 Å². The Bertz CT molecular complexity index is 1560. The van der Waals surface area contributed by atoms with Crippen molar-refractivity contribution >= 4 is 28.3 Å². The summed E-state index contributed by atoms with van der Waals surface area (Å²) in [5.41, 5.74) is 4.09. The van der Waals surface area contributed by atoms with Gasteiger partial charge in [-0.25, -0.2) is 4.68 Å². The Morgan fingerprint density at radius 1 is 0.951 bits per heavy atom. The van der Waals surface area contributed by atoms with Gasteiger partial charge in [0.15, 0.2) is 0 Å². The molecule has 3 aromatic carbocycles. The first-order chi connectivity index (χ1) is 19.5. The number of fused-ring (bicyclic) bond motifs is 1. The summed E-state index contributed by atoms with van der Waals surface area (Å²) in [4.78, 5) is 29.4. The lowest BCUT2D eigenvalue weighted by Gasteiger charge is -2.35. The van der Waals surface area contributed by atoms with Gasteiger partial charge in [-0.3, -0.25) is 14.5 Å². The third-order valence-corrected chi connectivity index (χ3v) is 7.66. The minimum atomic E-state index is -0.687. The lowest BCUT2D eigenvalue weighted by atomic mass is 9.92. The fourth-order valence-electron chi connectivity index (χ4n) is 5.54. The highest BCUT2D eigenvalue weighted by atomic mass is 16.5. The van der Waals surface area contributed by atoms with Gasteiger partial charge in [-0.05, 0) is 61.7 Å². The Labute approximate surface area is 242 Å². The number of nitrogens with one attached hydrogen (secondary N) is 1. The molecule has 1 amide bonds. The van der Waals surface area contributed by atoms with Crippen molar-refractivity contribution in [3.63, 3.8) is 0 Å². The van der Waals surface area contributed by atoms with Crippen LogP contribution < -0.4 is 5.32 Å². The van der Waals surface area contributed by atoms with E-state index in [9.17, 15) is 9.59 Å². The van der Waals surface area contributed by atoms with Gasteiger partial charge in [0.05, 0.1) is 23.6 Å². The van der Waals surface area contributed by atoms with Crippen molar-refractivity contribution in [1.29, 1.82) is 0 Å². The van der Waals surface area contributed by atoms with Crippen LogP contribution in [-0.4, -0.2) is 58.2 Å². The van der Waals surface area contributed by atoms with Crippen molar-refractivity contribution in [3.05, 3.63) is 89.1 Å². The number of ketones is 1. The molecule has 2 unspecified atom stereocenters. The largest absolute Gasteiger partial charge is 0.373 e. The average molecular weight is 553 g/mol. The maximum absolute atomic E-state index is 13.6. The minimum absolute atomic E-state index is 0.218. The second-order valence-corrected chi connectivity index (χ2v) is 12.3. The molecular formula is C34H40N4O3. The van der Waals surface area contributed by atoms with Crippen LogP contribution in [0, 0.1) is 6.92 Å². The molecule has 1 aliphatic rings. The molecule has 1 fully saturated rings. The molecule has 41 heavy (non-hydrogen) atoms. The van der Waals surface area contributed by atoms with Gasteiger partial charge in [0, 0.05) is 36.7 Å². The Balaban J connectivity index is 1.40. The number of nitrogens with zero attached hydrogens (tertiary/aromatic N) is 3. The summed E-state index contributed by atoms with van der Waals surface area (Å²) in [6.07, 6.45) is 1.29. The van der Waals surface area contributed by atoms with Crippen molar-refractivity contribution in [2.24, 2.45) is 0 Å². The summed E-state index contributed by atoms with van der Waals surface area (Å²) in [6, 6.07) is 21.4. The molecule has 0 radical (unpaired) electrons. The summed E-state index contributed by atoms with van der Waals surface area (Å²) in [6.45, 7) is 15.2. The highest BCUT2D eigenvalue weighted by Crippen LogP contribution is 2.28. The normalized spacial score (nSPS) is 18.0. The second-order valence-electron chi connectivity index (χ2n) is 12.3. The predicted molar refractivity (Wildman–Crippen MR) is 164 cm³/mol. The fourth-order valence-corrected chi connectivity index (χ4v) is 5.54. The van der Waals surface area contributed by atoms with Crippen LogP contribution in [0.1, 0.15) is 61.8 Å². The van der Waals surface area contributed by atoms with Crippen molar-refractivity contribution in [3.8, 4) is 5.69 Å². The van der Waals surface area contributed by atoms with E-state index < -0.39 is 11.7 Å². The zero-order valence-electron chi connectivity index (χ0n) is 24.9. The number of ether oxygens (including phenoxy) is 1. The first kappa shape index (κ1) is 28.7. The number of benzene rings is 3. The van der Waals surface area contributed by atoms with Crippen LogP contribution >= 0.6 is 0 Å². The molecule has 214 valence electrons. The van der Waals surface area contributed by atoms with Gasteiger partial charge in [-0.2, -0.15) is 5.10 Å². The molecule has 7 nitrogen and oxygen atoms in total. The predicted octanol–water partition coefficient (Wildman–Crippen LogP) is 6.10. The van der Waals surface area contributed by atoms with Crippen molar-refractivity contribution in [2.75, 3.05) is 25.0 Å². The van der Waals surface area contributed by atoms with Crippen molar-refractivity contribution in [1.82, 2.24) is 14.7 Å². The molecule has 2 atom stereocenters.